The summed E-state index contributed by atoms with van der Waals surface area (Å²) in [5.74, 6) is 0.504. The average Bonchev–Trinajstić information content (AvgIpc) is 2.98. The molecule has 2 heteroatoms. The zero-order chi connectivity index (χ0) is 12.2. The normalized spacial score (nSPS) is 31.9. The third-order valence-electron chi connectivity index (χ3n) is 3.39. The topological polar surface area (TPSA) is 29.1 Å². The minimum absolute atomic E-state index is 0.164. The van der Waals surface area contributed by atoms with Crippen LogP contribution in [-0.4, -0.2) is 12.5 Å². The predicted molar refractivity (Wildman–Crippen MR) is 68.1 cm³/mol. The number of nitrogens with one attached hydrogen (secondary N) is 1. The highest BCUT2D eigenvalue weighted by molar-refractivity contribution is 5.87. The Morgan fingerprint density at radius 2 is 2.25 bits per heavy atom. The summed E-state index contributed by atoms with van der Waals surface area (Å²) in [5.41, 5.74) is 1.50. The number of hydrogen-bond acceptors (Lipinski definition) is 1. The van der Waals surface area contributed by atoms with E-state index >= 15 is 0 Å². The van der Waals surface area contributed by atoms with Crippen LogP contribution < -0.4 is 5.32 Å². The molecule has 1 amide bonds. The zero-order valence-electron chi connectivity index (χ0n) is 10.8. The number of hydrogen-bond donors (Lipinski definition) is 1. The molecule has 0 bridgehead atoms. The number of allylic oxidation sites excluding steroid dienone is 3. The van der Waals surface area contributed by atoms with Gasteiger partial charge in [-0.25, -0.2) is 0 Å². The molecule has 1 saturated heterocycles. The molecule has 0 radical (unpaired) electrons. The van der Waals surface area contributed by atoms with E-state index in [4.69, 9.17) is 0 Å². The van der Waals surface area contributed by atoms with E-state index in [1.165, 1.54) is 5.57 Å². The van der Waals surface area contributed by atoms with E-state index in [1.807, 2.05) is 13.8 Å². The molecule has 1 N–H and O–H groups in total. The first-order valence-electron chi connectivity index (χ1n) is 6.35. The standard InChI is InChI=1S/C12H17NO.C2H6/c1-3-5-6-9(4-2)12-7-10(12)11(14)13-8-12;1-2/h4-6,10H,3,7-8H2,1-2H3,(H,13,14);1-2H3/b6-5-,9-4+;. The van der Waals surface area contributed by atoms with Crippen LogP contribution in [0, 0.1) is 11.3 Å². The maximum atomic E-state index is 11.4. The van der Waals surface area contributed by atoms with Crippen LogP contribution in [0.15, 0.2) is 23.8 Å². The number of amides is 1. The van der Waals surface area contributed by atoms with Crippen molar-refractivity contribution in [1.82, 2.24) is 5.32 Å². The van der Waals surface area contributed by atoms with E-state index in [2.05, 4.69) is 37.4 Å². The average molecular weight is 221 g/mol. The van der Waals surface area contributed by atoms with Gasteiger partial charge in [0.15, 0.2) is 0 Å². The van der Waals surface area contributed by atoms with Gasteiger partial charge >= 0.3 is 0 Å². The highest BCUT2D eigenvalue weighted by Gasteiger charge is 2.63. The lowest BCUT2D eigenvalue weighted by Gasteiger charge is -2.11. The van der Waals surface area contributed by atoms with Crippen LogP contribution in [0.5, 0.6) is 0 Å². The molecule has 1 saturated carbocycles. The van der Waals surface area contributed by atoms with Gasteiger partial charge in [0.05, 0.1) is 5.92 Å². The van der Waals surface area contributed by atoms with Crippen LogP contribution in [0.1, 0.15) is 40.5 Å². The molecule has 2 nitrogen and oxygen atoms in total. The molecule has 2 unspecified atom stereocenters. The molecule has 0 aromatic heterocycles. The van der Waals surface area contributed by atoms with Crippen molar-refractivity contribution in [3.05, 3.63) is 23.8 Å². The fourth-order valence-corrected chi connectivity index (χ4v) is 2.43. The summed E-state index contributed by atoms with van der Waals surface area (Å²) >= 11 is 0. The Kier molecular flexibility index (Phi) is 4.34. The van der Waals surface area contributed by atoms with Crippen LogP contribution in [0.3, 0.4) is 0 Å². The lowest BCUT2D eigenvalue weighted by molar-refractivity contribution is -0.120. The first-order chi connectivity index (χ1) is 7.74. The Hall–Kier alpha value is -1.05. The first kappa shape index (κ1) is 13.0. The van der Waals surface area contributed by atoms with E-state index in [0.717, 1.165) is 19.4 Å². The molecule has 2 atom stereocenters. The lowest BCUT2D eigenvalue weighted by Crippen LogP contribution is -2.21. The van der Waals surface area contributed by atoms with Crippen molar-refractivity contribution in [2.75, 3.05) is 6.54 Å². The van der Waals surface area contributed by atoms with Gasteiger partial charge < -0.3 is 5.32 Å². The quantitative estimate of drug-likeness (QED) is 0.729. The summed E-state index contributed by atoms with van der Waals surface area (Å²) in [5, 5.41) is 2.94. The summed E-state index contributed by atoms with van der Waals surface area (Å²) in [6.45, 7) is 9.02. The second-order valence-corrected chi connectivity index (χ2v) is 4.19. The maximum Gasteiger partial charge on any atom is 0.224 e. The van der Waals surface area contributed by atoms with Gasteiger partial charge in [-0.1, -0.05) is 39.0 Å². The summed E-state index contributed by atoms with van der Waals surface area (Å²) in [7, 11) is 0. The lowest BCUT2D eigenvalue weighted by atomic mass is 9.94. The number of rotatable bonds is 3. The fourth-order valence-electron chi connectivity index (χ4n) is 2.43. The zero-order valence-corrected chi connectivity index (χ0v) is 10.8. The van der Waals surface area contributed by atoms with Crippen LogP contribution in [0.25, 0.3) is 0 Å². The van der Waals surface area contributed by atoms with E-state index < -0.39 is 0 Å². The highest BCUT2D eigenvalue weighted by Crippen LogP contribution is 2.60. The minimum Gasteiger partial charge on any atom is -0.355 e. The molecule has 16 heavy (non-hydrogen) atoms. The molecule has 1 heterocycles. The van der Waals surface area contributed by atoms with E-state index in [1.54, 1.807) is 0 Å². The van der Waals surface area contributed by atoms with Gasteiger partial charge in [0.25, 0.3) is 0 Å². The number of fused-ring (bicyclic) bond motifs is 1. The second-order valence-electron chi connectivity index (χ2n) is 4.19. The molecule has 2 fully saturated rings. The Morgan fingerprint density at radius 3 is 2.62 bits per heavy atom. The van der Waals surface area contributed by atoms with Gasteiger partial charge in [0.2, 0.25) is 5.91 Å². The number of carbonyl (C=O) groups is 1. The highest BCUT2D eigenvalue weighted by atomic mass is 16.2. The summed E-state index contributed by atoms with van der Waals surface area (Å²) < 4.78 is 0. The molecular weight excluding hydrogens is 198 g/mol. The third kappa shape index (κ3) is 2.06. The SMILES string of the molecule is C/C=C(\C=C/CC)C12CNC(=O)C1C2.CC. The second kappa shape index (κ2) is 5.33. The summed E-state index contributed by atoms with van der Waals surface area (Å²) in [6, 6.07) is 0. The fraction of sp³-hybridized carbons (Fsp3) is 0.643. The van der Waals surface area contributed by atoms with Crippen molar-refractivity contribution in [3.63, 3.8) is 0 Å². The Balaban J connectivity index is 0.000000606. The van der Waals surface area contributed by atoms with Crippen molar-refractivity contribution in [2.24, 2.45) is 11.3 Å². The van der Waals surface area contributed by atoms with Crippen molar-refractivity contribution in [2.45, 2.75) is 40.5 Å². The van der Waals surface area contributed by atoms with Crippen molar-refractivity contribution >= 4 is 5.91 Å². The molecule has 0 aromatic rings. The number of piperidine rings is 1. The van der Waals surface area contributed by atoms with Gasteiger partial charge in [-0.3, -0.25) is 4.79 Å². The Labute approximate surface area is 98.8 Å². The monoisotopic (exact) mass is 221 g/mol. The predicted octanol–water partition coefficient (Wildman–Crippen LogP) is 3.06. The van der Waals surface area contributed by atoms with E-state index in [9.17, 15) is 4.79 Å². The smallest absolute Gasteiger partial charge is 0.224 e. The van der Waals surface area contributed by atoms with Crippen LogP contribution in [-0.2, 0) is 4.79 Å². The Morgan fingerprint density at radius 1 is 1.56 bits per heavy atom. The van der Waals surface area contributed by atoms with Gasteiger partial charge in [-0.15, -0.1) is 0 Å². The van der Waals surface area contributed by atoms with E-state index in [-0.39, 0.29) is 17.2 Å². The third-order valence-corrected chi connectivity index (χ3v) is 3.39. The van der Waals surface area contributed by atoms with Gasteiger partial charge in [-0.05, 0) is 25.3 Å². The molecule has 1 aliphatic heterocycles. The van der Waals surface area contributed by atoms with Crippen molar-refractivity contribution in [1.29, 1.82) is 0 Å². The largest absolute Gasteiger partial charge is 0.355 e. The molecule has 2 aliphatic rings. The van der Waals surface area contributed by atoms with E-state index in [0.29, 0.717) is 0 Å². The maximum absolute atomic E-state index is 11.4. The van der Waals surface area contributed by atoms with Crippen molar-refractivity contribution < 1.29 is 4.79 Å². The molecule has 0 aromatic carbocycles. The molecule has 1 aliphatic carbocycles. The van der Waals surface area contributed by atoms with Gasteiger partial charge in [-0.2, -0.15) is 0 Å². The minimum atomic E-state index is 0.164. The van der Waals surface area contributed by atoms with Gasteiger partial charge in [0, 0.05) is 12.0 Å². The molecular formula is C14H23NO. The van der Waals surface area contributed by atoms with Gasteiger partial charge in [0.1, 0.15) is 0 Å². The van der Waals surface area contributed by atoms with Crippen LogP contribution in [0.4, 0.5) is 0 Å². The van der Waals surface area contributed by atoms with Crippen molar-refractivity contribution in [3.8, 4) is 0 Å². The van der Waals surface area contributed by atoms with Crippen LogP contribution in [0.2, 0.25) is 0 Å². The molecule has 2 rings (SSSR count). The molecule has 0 spiro atoms. The Bertz CT molecular complexity index is 317. The first-order valence-corrected chi connectivity index (χ1v) is 6.35. The van der Waals surface area contributed by atoms with Crippen LogP contribution >= 0.6 is 0 Å². The summed E-state index contributed by atoms with van der Waals surface area (Å²) in [4.78, 5) is 11.4. The molecule has 90 valence electrons. The number of carbonyl (C=O) groups excluding carboxylic acids is 1. The summed E-state index contributed by atoms with van der Waals surface area (Å²) in [6.07, 6.45) is 8.60.